The van der Waals surface area contributed by atoms with Crippen LogP contribution in [-0.4, -0.2) is 21.7 Å². The molecule has 15 heavy (non-hydrogen) atoms. The number of imidazole rings is 1. The summed E-state index contributed by atoms with van der Waals surface area (Å²) < 4.78 is 1.94. The lowest BCUT2D eigenvalue weighted by Gasteiger charge is -1.95. The number of nitrogens with two attached hydrogens (primary N) is 1. The van der Waals surface area contributed by atoms with Gasteiger partial charge in [0.25, 0.3) is 0 Å². The maximum absolute atomic E-state index is 11.5. The Morgan fingerprint density at radius 1 is 1.60 bits per heavy atom. The van der Waals surface area contributed by atoms with Gasteiger partial charge in [-0.15, -0.1) is 11.3 Å². The van der Waals surface area contributed by atoms with Crippen molar-refractivity contribution < 1.29 is 4.79 Å². The third-order valence-electron chi connectivity index (χ3n) is 2.18. The molecule has 5 heteroatoms. The Bertz CT molecular complexity index is 431. The first kappa shape index (κ1) is 10.3. The molecule has 0 radical (unpaired) electrons. The molecule has 0 saturated heterocycles. The second kappa shape index (κ2) is 4.55. The number of carbonyl (C=O) groups is 1. The Kier molecular flexibility index (Phi) is 3.13. The van der Waals surface area contributed by atoms with Crippen molar-refractivity contribution in [2.45, 2.75) is 19.3 Å². The van der Waals surface area contributed by atoms with Crippen molar-refractivity contribution in [3.63, 3.8) is 0 Å². The average Bonchev–Trinajstić information content (AvgIpc) is 2.74. The smallest absolute Gasteiger partial charge is 0.193 e. The summed E-state index contributed by atoms with van der Waals surface area (Å²) in [6.45, 7) is 0.573. The standard InChI is InChI=1S/C10H13N3OS/c11-3-1-2-9(14)6-8-7-13-4-5-15-10(13)12-8/h4-5,7H,1-3,6,11H2. The van der Waals surface area contributed by atoms with Gasteiger partial charge in [0.2, 0.25) is 0 Å². The minimum absolute atomic E-state index is 0.214. The largest absolute Gasteiger partial charge is 0.330 e. The van der Waals surface area contributed by atoms with E-state index in [9.17, 15) is 4.79 Å². The minimum Gasteiger partial charge on any atom is -0.330 e. The lowest BCUT2D eigenvalue weighted by molar-refractivity contribution is -0.118. The number of carbonyl (C=O) groups excluding carboxylic acids is 1. The van der Waals surface area contributed by atoms with Crippen molar-refractivity contribution in [1.29, 1.82) is 0 Å². The highest BCUT2D eigenvalue weighted by Crippen LogP contribution is 2.12. The predicted molar refractivity (Wildman–Crippen MR) is 60.1 cm³/mol. The second-order valence-electron chi connectivity index (χ2n) is 3.43. The van der Waals surface area contributed by atoms with E-state index in [2.05, 4.69) is 4.98 Å². The summed E-state index contributed by atoms with van der Waals surface area (Å²) in [5.74, 6) is 0.214. The van der Waals surface area contributed by atoms with E-state index in [-0.39, 0.29) is 5.78 Å². The van der Waals surface area contributed by atoms with Crippen LogP contribution in [0.4, 0.5) is 0 Å². The quantitative estimate of drug-likeness (QED) is 0.829. The molecule has 0 aliphatic rings. The average molecular weight is 223 g/mol. The Morgan fingerprint density at radius 3 is 3.20 bits per heavy atom. The molecule has 2 aromatic rings. The highest BCUT2D eigenvalue weighted by Gasteiger charge is 2.07. The third kappa shape index (κ3) is 2.43. The van der Waals surface area contributed by atoms with Crippen LogP contribution in [0.5, 0.6) is 0 Å². The van der Waals surface area contributed by atoms with Crippen molar-refractivity contribution >= 4 is 22.1 Å². The van der Waals surface area contributed by atoms with Crippen LogP contribution >= 0.6 is 11.3 Å². The third-order valence-corrected chi connectivity index (χ3v) is 2.95. The molecule has 0 unspecified atom stereocenters. The Hall–Kier alpha value is -1.20. The zero-order valence-electron chi connectivity index (χ0n) is 8.35. The zero-order valence-corrected chi connectivity index (χ0v) is 9.17. The molecule has 0 aromatic carbocycles. The van der Waals surface area contributed by atoms with Crippen LogP contribution in [0.3, 0.4) is 0 Å². The molecular formula is C10H13N3OS. The summed E-state index contributed by atoms with van der Waals surface area (Å²) in [4.78, 5) is 16.8. The molecule has 2 aromatic heterocycles. The Balaban J connectivity index is 2.00. The van der Waals surface area contributed by atoms with Crippen molar-refractivity contribution in [2.24, 2.45) is 5.73 Å². The summed E-state index contributed by atoms with van der Waals surface area (Å²) in [5.41, 5.74) is 6.20. The molecule has 80 valence electrons. The normalized spacial score (nSPS) is 11.0. The first-order chi connectivity index (χ1) is 7.29. The number of thiazole rings is 1. The van der Waals surface area contributed by atoms with Gasteiger partial charge < -0.3 is 5.73 Å². The number of Topliss-reactive ketones (excluding diaryl/α,β-unsaturated/α-hetero) is 1. The fourth-order valence-electron chi connectivity index (χ4n) is 1.45. The molecule has 0 spiro atoms. The van der Waals surface area contributed by atoms with Crippen molar-refractivity contribution in [1.82, 2.24) is 9.38 Å². The van der Waals surface area contributed by atoms with E-state index in [0.29, 0.717) is 19.4 Å². The molecule has 0 amide bonds. The van der Waals surface area contributed by atoms with Gasteiger partial charge in [0.15, 0.2) is 4.96 Å². The van der Waals surface area contributed by atoms with Crippen LogP contribution < -0.4 is 5.73 Å². The van der Waals surface area contributed by atoms with E-state index in [4.69, 9.17) is 5.73 Å². The molecule has 2 heterocycles. The second-order valence-corrected chi connectivity index (χ2v) is 4.31. The van der Waals surface area contributed by atoms with E-state index in [1.165, 1.54) is 0 Å². The molecular weight excluding hydrogens is 210 g/mol. The maximum atomic E-state index is 11.5. The molecule has 0 fully saturated rings. The highest BCUT2D eigenvalue weighted by molar-refractivity contribution is 7.15. The number of ketones is 1. The molecule has 0 saturated carbocycles. The SMILES string of the molecule is NCCCC(=O)Cc1cn2ccsc2n1. The predicted octanol–water partition coefficient (Wildman–Crippen LogP) is 1.25. The minimum atomic E-state index is 0.214. The molecule has 4 nitrogen and oxygen atoms in total. The van der Waals surface area contributed by atoms with Gasteiger partial charge in [0.1, 0.15) is 5.78 Å². The van der Waals surface area contributed by atoms with Crippen LogP contribution in [0.25, 0.3) is 4.96 Å². The van der Waals surface area contributed by atoms with E-state index >= 15 is 0 Å². The molecule has 0 bridgehead atoms. The van der Waals surface area contributed by atoms with Crippen LogP contribution in [0.15, 0.2) is 17.8 Å². The summed E-state index contributed by atoms with van der Waals surface area (Å²) in [5, 5.41) is 1.97. The van der Waals surface area contributed by atoms with E-state index in [0.717, 1.165) is 17.1 Å². The first-order valence-electron chi connectivity index (χ1n) is 4.92. The number of fused-ring (bicyclic) bond motifs is 1. The number of nitrogens with zero attached hydrogens (tertiary/aromatic N) is 2. The van der Waals surface area contributed by atoms with Crippen molar-refractivity contribution in [2.75, 3.05) is 6.54 Å². The maximum Gasteiger partial charge on any atom is 0.193 e. The van der Waals surface area contributed by atoms with Crippen LogP contribution in [-0.2, 0) is 11.2 Å². The van der Waals surface area contributed by atoms with Crippen LogP contribution in [0.1, 0.15) is 18.5 Å². The first-order valence-corrected chi connectivity index (χ1v) is 5.80. The summed E-state index contributed by atoms with van der Waals surface area (Å²) in [7, 11) is 0. The van der Waals surface area contributed by atoms with Crippen molar-refractivity contribution in [3.8, 4) is 0 Å². The van der Waals surface area contributed by atoms with Gasteiger partial charge in [-0.3, -0.25) is 9.20 Å². The summed E-state index contributed by atoms with van der Waals surface area (Å²) >= 11 is 1.57. The van der Waals surface area contributed by atoms with Crippen LogP contribution in [0.2, 0.25) is 0 Å². The number of aromatic nitrogens is 2. The lowest BCUT2D eigenvalue weighted by atomic mass is 10.1. The molecule has 0 atom stereocenters. The number of rotatable bonds is 5. The molecule has 0 aliphatic heterocycles. The van der Waals surface area contributed by atoms with Crippen molar-refractivity contribution in [3.05, 3.63) is 23.5 Å². The Labute approximate surface area is 91.7 Å². The van der Waals surface area contributed by atoms with E-state index < -0.39 is 0 Å². The monoisotopic (exact) mass is 223 g/mol. The van der Waals surface area contributed by atoms with Gasteiger partial charge in [0, 0.05) is 24.2 Å². The number of hydrogen-bond acceptors (Lipinski definition) is 4. The summed E-state index contributed by atoms with van der Waals surface area (Å²) in [6, 6.07) is 0. The van der Waals surface area contributed by atoms with Gasteiger partial charge >= 0.3 is 0 Å². The Morgan fingerprint density at radius 2 is 2.47 bits per heavy atom. The van der Waals surface area contributed by atoms with Gasteiger partial charge in [-0.05, 0) is 13.0 Å². The summed E-state index contributed by atoms with van der Waals surface area (Å²) in [6.07, 6.45) is 5.60. The van der Waals surface area contributed by atoms with E-state index in [1.54, 1.807) is 11.3 Å². The van der Waals surface area contributed by atoms with Gasteiger partial charge in [-0.2, -0.15) is 0 Å². The fourth-order valence-corrected chi connectivity index (χ4v) is 2.17. The van der Waals surface area contributed by atoms with Gasteiger partial charge in [-0.1, -0.05) is 0 Å². The fraction of sp³-hybridized carbons (Fsp3) is 0.400. The van der Waals surface area contributed by atoms with E-state index in [1.807, 2.05) is 22.2 Å². The van der Waals surface area contributed by atoms with Gasteiger partial charge in [0.05, 0.1) is 12.1 Å². The number of hydrogen-bond donors (Lipinski definition) is 1. The van der Waals surface area contributed by atoms with Gasteiger partial charge in [-0.25, -0.2) is 4.98 Å². The zero-order chi connectivity index (χ0) is 10.7. The van der Waals surface area contributed by atoms with Crippen LogP contribution in [0, 0.1) is 0 Å². The topological polar surface area (TPSA) is 60.4 Å². The highest BCUT2D eigenvalue weighted by atomic mass is 32.1. The lowest BCUT2D eigenvalue weighted by Crippen LogP contribution is -2.07. The molecule has 0 aliphatic carbocycles. The molecule has 2 N–H and O–H groups in total. The molecule has 2 rings (SSSR count).